The van der Waals surface area contributed by atoms with Gasteiger partial charge in [-0.1, -0.05) is 24.6 Å². The molecule has 0 aromatic heterocycles. The van der Waals surface area contributed by atoms with E-state index in [4.69, 9.17) is 4.74 Å². The molecule has 2 aliphatic rings. The normalized spacial score (nSPS) is 25.1. The molecule has 0 aromatic rings. The summed E-state index contributed by atoms with van der Waals surface area (Å²) in [5, 5.41) is 0. The lowest BCUT2D eigenvalue weighted by atomic mass is 9.81. The maximum absolute atomic E-state index is 12.4. The van der Waals surface area contributed by atoms with Crippen LogP contribution < -0.4 is 0 Å². The van der Waals surface area contributed by atoms with Crippen LogP contribution in [-0.2, 0) is 14.8 Å². The van der Waals surface area contributed by atoms with Gasteiger partial charge in [0.25, 0.3) is 0 Å². The molecule has 1 amide bonds. The Kier molecular flexibility index (Phi) is 5.76. The molecule has 0 aromatic carbocycles. The van der Waals surface area contributed by atoms with Crippen LogP contribution in [0.15, 0.2) is 27.7 Å². The number of amides is 1. The zero-order chi connectivity index (χ0) is 18.8. The van der Waals surface area contributed by atoms with E-state index in [0.717, 1.165) is 11.8 Å². The molecule has 2 atom stereocenters. The van der Waals surface area contributed by atoms with Gasteiger partial charge >= 0.3 is 6.09 Å². The van der Waals surface area contributed by atoms with Crippen molar-refractivity contribution in [2.45, 2.75) is 46.1 Å². The quantitative estimate of drug-likeness (QED) is 0.554. The number of hydrogen-bond donors (Lipinski definition) is 0. The molecule has 0 radical (unpaired) electrons. The molecule has 7 heteroatoms. The predicted octanol–water partition coefficient (Wildman–Crippen LogP) is 3.17. The largest absolute Gasteiger partial charge is 0.444 e. The van der Waals surface area contributed by atoms with Gasteiger partial charge in [-0.15, -0.1) is 0 Å². The zero-order valence-electron chi connectivity index (χ0n) is 15.7. The topological polar surface area (TPSA) is 76.0 Å². The fourth-order valence-corrected chi connectivity index (χ4v) is 3.54. The van der Waals surface area contributed by atoms with E-state index in [-0.39, 0.29) is 17.9 Å². The Bertz CT molecular complexity index is 714. The zero-order valence-corrected chi connectivity index (χ0v) is 16.5. The van der Waals surface area contributed by atoms with Gasteiger partial charge in [0, 0.05) is 25.2 Å². The number of likely N-dealkylation sites (tertiary alicyclic amines) is 1. The lowest BCUT2D eigenvalue weighted by Gasteiger charge is -2.38. The summed E-state index contributed by atoms with van der Waals surface area (Å²) in [7, 11) is -3.40. The number of ether oxygens (including phenoxy) is 1. The molecule has 0 bridgehead atoms. The van der Waals surface area contributed by atoms with Gasteiger partial charge in [-0.2, -0.15) is 4.40 Å². The van der Waals surface area contributed by atoms with Crippen LogP contribution in [0.25, 0.3) is 0 Å². The SMILES string of the molecule is C[C@H]1C=CCC(/C=N/S(C)(=O)=O)=C2CCN(C(=O)OC(C)(C)C)C[C@@H]21. The van der Waals surface area contributed by atoms with E-state index in [2.05, 4.69) is 23.5 Å². The van der Waals surface area contributed by atoms with Gasteiger partial charge in [-0.25, -0.2) is 13.2 Å². The fraction of sp³-hybridized carbons (Fsp3) is 0.667. The van der Waals surface area contributed by atoms with Crippen molar-refractivity contribution in [1.82, 2.24) is 4.90 Å². The molecule has 1 heterocycles. The highest BCUT2D eigenvalue weighted by molar-refractivity contribution is 7.89. The first-order valence-electron chi connectivity index (χ1n) is 8.58. The number of nitrogens with zero attached hydrogens (tertiary/aromatic N) is 2. The number of piperidine rings is 1. The second kappa shape index (κ2) is 7.32. The van der Waals surface area contributed by atoms with Crippen LogP contribution in [0.2, 0.25) is 0 Å². The van der Waals surface area contributed by atoms with Gasteiger partial charge in [-0.05, 0) is 45.1 Å². The van der Waals surface area contributed by atoms with Crippen LogP contribution in [0.4, 0.5) is 4.79 Å². The van der Waals surface area contributed by atoms with Gasteiger partial charge in [0.1, 0.15) is 5.60 Å². The van der Waals surface area contributed by atoms with Crippen molar-refractivity contribution < 1.29 is 17.9 Å². The predicted molar refractivity (Wildman–Crippen MR) is 99.2 cm³/mol. The van der Waals surface area contributed by atoms with Gasteiger partial charge in [-0.3, -0.25) is 0 Å². The highest BCUT2D eigenvalue weighted by Gasteiger charge is 2.34. The number of hydrogen-bond acceptors (Lipinski definition) is 4. The van der Waals surface area contributed by atoms with Crippen LogP contribution >= 0.6 is 0 Å². The van der Waals surface area contributed by atoms with Crippen molar-refractivity contribution in [3.63, 3.8) is 0 Å². The minimum Gasteiger partial charge on any atom is -0.444 e. The summed E-state index contributed by atoms with van der Waals surface area (Å²) < 4.78 is 31.9. The Morgan fingerprint density at radius 1 is 1.40 bits per heavy atom. The Labute approximate surface area is 150 Å². The summed E-state index contributed by atoms with van der Waals surface area (Å²) in [5.74, 6) is 0.422. The number of rotatable bonds is 2. The van der Waals surface area contributed by atoms with E-state index < -0.39 is 15.6 Å². The van der Waals surface area contributed by atoms with E-state index >= 15 is 0 Å². The van der Waals surface area contributed by atoms with Crippen molar-refractivity contribution in [2.24, 2.45) is 16.2 Å². The van der Waals surface area contributed by atoms with Crippen molar-refractivity contribution in [1.29, 1.82) is 0 Å². The number of carbonyl (C=O) groups excluding carboxylic acids is 1. The summed E-state index contributed by atoms with van der Waals surface area (Å²) in [6, 6.07) is 0. The summed E-state index contributed by atoms with van der Waals surface area (Å²) in [4.78, 5) is 14.1. The summed E-state index contributed by atoms with van der Waals surface area (Å²) >= 11 is 0. The van der Waals surface area contributed by atoms with Crippen LogP contribution in [0, 0.1) is 11.8 Å². The average molecular weight is 368 g/mol. The van der Waals surface area contributed by atoms with Crippen molar-refractivity contribution in [3.05, 3.63) is 23.3 Å². The second-order valence-corrected chi connectivity index (χ2v) is 9.47. The van der Waals surface area contributed by atoms with Crippen molar-refractivity contribution in [2.75, 3.05) is 19.3 Å². The third-order valence-corrected chi connectivity index (χ3v) is 4.88. The van der Waals surface area contributed by atoms with Crippen molar-refractivity contribution in [3.8, 4) is 0 Å². The Hall–Kier alpha value is -1.63. The molecule has 140 valence electrons. The number of fused-ring (bicyclic) bond motifs is 1. The molecule has 1 aliphatic carbocycles. The van der Waals surface area contributed by atoms with E-state index in [0.29, 0.717) is 25.9 Å². The molecule has 6 nitrogen and oxygen atoms in total. The summed E-state index contributed by atoms with van der Waals surface area (Å²) in [6.07, 6.45) is 7.83. The summed E-state index contributed by atoms with van der Waals surface area (Å²) in [5.41, 5.74) is 1.62. The highest BCUT2D eigenvalue weighted by atomic mass is 32.2. The molecule has 0 spiro atoms. The number of allylic oxidation sites excluding steroid dienone is 3. The van der Waals surface area contributed by atoms with E-state index in [1.165, 1.54) is 11.8 Å². The Balaban J connectivity index is 2.25. The third kappa shape index (κ3) is 5.70. The fourth-order valence-electron chi connectivity index (χ4n) is 3.22. The maximum Gasteiger partial charge on any atom is 0.410 e. The van der Waals surface area contributed by atoms with E-state index in [9.17, 15) is 13.2 Å². The molecule has 0 N–H and O–H groups in total. The molecule has 2 rings (SSSR count). The molecule has 1 saturated heterocycles. The molecule has 25 heavy (non-hydrogen) atoms. The second-order valence-electron chi connectivity index (χ2n) is 7.79. The minimum absolute atomic E-state index is 0.154. The lowest BCUT2D eigenvalue weighted by Crippen LogP contribution is -2.45. The monoisotopic (exact) mass is 368 g/mol. The first-order valence-corrected chi connectivity index (χ1v) is 10.4. The first-order chi connectivity index (χ1) is 11.5. The van der Waals surface area contributed by atoms with Crippen molar-refractivity contribution >= 4 is 22.3 Å². The van der Waals surface area contributed by atoms with Crippen LogP contribution in [-0.4, -0.2) is 50.6 Å². The van der Waals surface area contributed by atoms with Crippen LogP contribution in [0.5, 0.6) is 0 Å². The van der Waals surface area contributed by atoms with E-state index in [1.807, 2.05) is 20.8 Å². The highest BCUT2D eigenvalue weighted by Crippen LogP contribution is 2.35. The molecular weight excluding hydrogens is 340 g/mol. The standard InChI is InChI=1S/C18H28N2O4S/c1-13-7-6-8-14(11-19-25(5,22)23)15-9-10-20(12-16(13)15)17(21)24-18(2,3)4/h6-7,11,13,16H,8-10,12H2,1-5H3/b19-11+/t13-,16+/m0/s1. The van der Waals surface area contributed by atoms with Crippen LogP contribution in [0.3, 0.4) is 0 Å². The van der Waals surface area contributed by atoms with Gasteiger partial charge in [0.15, 0.2) is 0 Å². The number of carbonyl (C=O) groups is 1. The lowest BCUT2D eigenvalue weighted by molar-refractivity contribution is 0.0191. The molecule has 1 aliphatic heterocycles. The van der Waals surface area contributed by atoms with Crippen LogP contribution in [0.1, 0.15) is 40.5 Å². The first kappa shape index (κ1) is 19.7. The minimum atomic E-state index is -3.40. The number of sulfonamides is 1. The Morgan fingerprint density at radius 3 is 2.68 bits per heavy atom. The Morgan fingerprint density at radius 2 is 2.08 bits per heavy atom. The molecular formula is C18H28N2O4S. The maximum atomic E-state index is 12.4. The van der Waals surface area contributed by atoms with Gasteiger partial charge in [0.2, 0.25) is 10.0 Å². The summed E-state index contributed by atoms with van der Waals surface area (Å²) in [6.45, 7) is 8.84. The molecule has 0 unspecified atom stereocenters. The third-order valence-electron chi connectivity index (χ3n) is 4.39. The van der Waals surface area contributed by atoms with E-state index in [1.54, 1.807) is 4.90 Å². The van der Waals surface area contributed by atoms with Gasteiger partial charge < -0.3 is 9.64 Å². The molecule has 0 saturated carbocycles. The smallest absolute Gasteiger partial charge is 0.410 e. The average Bonchev–Trinajstić information content (AvgIpc) is 2.62. The molecule has 1 fully saturated rings. The van der Waals surface area contributed by atoms with Gasteiger partial charge in [0.05, 0.1) is 6.26 Å².